The monoisotopic (exact) mass is 281 g/mol. The van der Waals surface area contributed by atoms with Gasteiger partial charge in [0.05, 0.1) is 12.7 Å². The molecule has 0 aromatic carbocycles. The molecule has 3 heteroatoms. The summed E-state index contributed by atoms with van der Waals surface area (Å²) in [6.07, 6.45) is 7.80. The van der Waals surface area contributed by atoms with Crippen LogP contribution in [0.1, 0.15) is 59.3 Å². The Balaban J connectivity index is 1.64. The van der Waals surface area contributed by atoms with Gasteiger partial charge < -0.3 is 15.2 Å². The van der Waals surface area contributed by atoms with Crippen molar-refractivity contribution in [3.05, 3.63) is 0 Å². The van der Waals surface area contributed by atoms with Crippen LogP contribution >= 0.6 is 0 Å². The van der Waals surface area contributed by atoms with Crippen molar-refractivity contribution in [2.45, 2.75) is 70.9 Å². The molecule has 3 atom stereocenters. The molecule has 3 unspecified atom stereocenters. The maximum Gasteiger partial charge on any atom is 0.0897 e. The second-order valence-electron chi connectivity index (χ2n) is 8.60. The summed E-state index contributed by atoms with van der Waals surface area (Å²) in [6, 6.07) is 0. The first-order chi connectivity index (χ1) is 9.36. The topological polar surface area (TPSA) is 41.5 Å². The van der Waals surface area contributed by atoms with Crippen LogP contribution in [0.3, 0.4) is 0 Å². The van der Waals surface area contributed by atoms with Crippen molar-refractivity contribution in [2.24, 2.45) is 16.7 Å². The van der Waals surface area contributed by atoms with Gasteiger partial charge in [0.2, 0.25) is 0 Å². The minimum absolute atomic E-state index is 0.288. The van der Waals surface area contributed by atoms with Crippen LogP contribution in [0.15, 0.2) is 0 Å². The van der Waals surface area contributed by atoms with E-state index in [2.05, 4.69) is 19.2 Å². The minimum atomic E-state index is -0.372. The van der Waals surface area contributed by atoms with Crippen LogP contribution < -0.4 is 5.32 Å². The number of hydrogen-bond donors (Lipinski definition) is 2. The Morgan fingerprint density at radius 3 is 2.35 bits per heavy atom. The van der Waals surface area contributed by atoms with E-state index in [1.165, 1.54) is 38.5 Å². The summed E-state index contributed by atoms with van der Waals surface area (Å²) in [5.41, 5.74) is 1.36. The van der Waals surface area contributed by atoms with Gasteiger partial charge in [-0.25, -0.2) is 0 Å². The lowest BCUT2D eigenvalue weighted by molar-refractivity contribution is -0.120. The predicted octanol–water partition coefficient (Wildman–Crippen LogP) is 2.72. The van der Waals surface area contributed by atoms with E-state index < -0.39 is 0 Å². The molecule has 4 saturated carbocycles. The smallest absolute Gasteiger partial charge is 0.0897 e. The van der Waals surface area contributed by atoms with Crippen molar-refractivity contribution in [1.82, 2.24) is 5.32 Å². The van der Waals surface area contributed by atoms with Crippen molar-refractivity contribution in [2.75, 3.05) is 19.8 Å². The molecule has 0 aliphatic heterocycles. The standard InChI is InChI=1S/C17H31NO2/c1-4-20-9-14(19)8-18-17-7-13-5-15(2,11-17)10-16(3,6-13)12-17/h13-14,18-19H,4-12H2,1-3H3. The van der Waals surface area contributed by atoms with Crippen molar-refractivity contribution < 1.29 is 9.84 Å². The lowest BCUT2D eigenvalue weighted by Crippen LogP contribution is -2.65. The van der Waals surface area contributed by atoms with E-state index >= 15 is 0 Å². The lowest BCUT2D eigenvalue weighted by Gasteiger charge is -2.65. The number of nitrogens with one attached hydrogen (secondary N) is 1. The van der Waals surface area contributed by atoms with Crippen LogP contribution in [0.2, 0.25) is 0 Å². The van der Waals surface area contributed by atoms with Gasteiger partial charge in [-0.2, -0.15) is 0 Å². The molecule has 0 saturated heterocycles. The normalized spacial score (nSPS) is 47.7. The Morgan fingerprint density at radius 2 is 1.80 bits per heavy atom. The maximum absolute atomic E-state index is 10.0. The first-order valence-corrected chi connectivity index (χ1v) is 8.37. The summed E-state index contributed by atoms with van der Waals surface area (Å²) in [5, 5.41) is 13.8. The quantitative estimate of drug-likeness (QED) is 0.786. The molecule has 0 amide bonds. The fourth-order valence-corrected chi connectivity index (χ4v) is 6.29. The van der Waals surface area contributed by atoms with Crippen molar-refractivity contribution in [3.63, 3.8) is 0 Å². The molecule has 0 aromatic rings. The summed E-state index contributed by atoms with van der Waals surface area (Å²) in [7, 11) is 0. The Labute approximate surface area is 123 Å². The highest BCUT2D eigenvalue weighted by Crippen LogP contribution is 2.66. The van der Waals surface area contributed by atoms with Gasteiger partial charge in [-0.15, -0.1) is 0 Å². The van der Waals surface area contributed by atoms with E-state index in [9.17, 15) is 5.11 Å². The molecule has 4 rings (SSSR count). The first kappa shape index (κ1) is 14.8. The first-order valence-electron chi connectivity index (χ1n) is 8.37. The lowest BCUT2D eigenvalue weighted by atomic mass is 9.43. The largest absolute Gasteiger partial charge is 0.389 e. The van der Waals surface area contributed by atoms with Gasteiger partial charge in [0, 0.05) is 18.7 Å². The third-order valence-electron chi connectivity index (χ3n) is 5.85. The zero-order valence-electron chi connectivity index (χ0n) is 13.4. The van der Waals surface area contributed by atoms with Crippen LogP contribution in [0.4, 0.5) is 0 Å². The summed E-state index contributed by atoms with van der Waals surface area (Å²) in [5.74, 6) is 0.901. The summed E-state index contributed by atoms with van der Waals surface area (Å²) < 4.78 is 5.32. The Morgan fingerprint density at radius 1 is 1.15 bits per heavy atom. The zero-order valence-corrected chi connectivity index (χ0v) is 13.4. The molecule has 4 bridgehead atoms. The molecule has 20 heavy (non-hydrogen) atoms. The second-order valence-corrected chi connectivity index (χ2v) is 8.60. The summed E-state index contributed by atoms with van der Waals surface area (Å²) in [4.78, 5) is 0. The van der Waals surface area contributed by atoms with Crippen LogP contribution in [0.5, 0.6) is 0 Å². The Bertz CT molecular complexity index is 352. The fraction of sp³-hybridized carbons (Fsp3) is 1.00. The molecule has 4 aliphatic carbocycles. The second kappa shape index (κ2) is 4.96. The number of aliphatic hydroxyl groups is 1. The third kappa shape index (κ3) is 2.77. The van der Waals surface area contributed by atoms with E-state index in [-0.39, 0.29) is 11.6 Å². The molecule has 4 aliphatic rings. The van der Waals surface area contributed by atoms with Gasteiger partial charge in [-0.3, -0.25) is 0 Å². The molecule has 0 spiro atoms. The molecule has 4 fully saturated rings. The van der Waals surface area contributed by atoms with Gasteiger partial charge in [-0.05, 0) is 62.2 Å². The number of hydrogen-bond acceptors (Lipinski definition) is 3. The van der Waals surface area contributed by atoms with Gasteiger partial charge in [0.25, 0.3) is 0 Å². The van der Waals surface area contributed by atoms with E-state index in [1.807, 2.05) is 6.92 Å². The molecule has 0 heterocycles. The van der Waals surface area contributed by atoms with Crippen LogP contribution in [-0.4, -0.2) is 36.5 Å². The van der Waals surface area contributed by atoms with Gasteiger partial charge >= 0.3 is 0 Å². The molecule has 116 valence electrons. The van der Waals surface area contributed by atoms with Crippen molar-refractivity contribution in [1.29, 1.82) is 0 Å². The van der Waals surface area contributed by atoms with E-state index in [1.54, 1.807) is 0 Å². The molecular formula is C17H31NO2. The number of ether oxygens (including phenoxy) is 1. The average molecular weight is 281 g/mol. The highest BCUT2D eigenvalue weighted by Gasteiger charge is 2.59. The van der Waals surface area contributed by atoms with Crippen LogP contribution in [0.25, 0.3) is 0 Å². The Kier molecular flexibility index (Phi) is 3.67. The van der Waals surface area contributed by atoms with Crippen molar-refractivity contribution >= 4 is 0 Å². The van der Waals surface area contributed by atoms with E-state index in [0.717, 1.165) is 5.92 Å². The number of β-amino-alcohol motifs (C(OH)–C–C–N with tert-alkyl or cyclic N) is 1. The fourth-order valence-electron chi connectivity index (χ4n) is 6.29. The highest BCUT2D eigenvalue weighted by atomic mass is 16.5. The molecule has 0 aromatic heterocycles. The number of aliphatic hydroxyl groups excluding tert-OH is 1. The van der Waals surface area contributed by atoms with Gasteiger partial charge in [0.15, 0.2) is 0 Å². The van der Waals surface area contributed by atoms with Crippen molar-refractivity contribution in [3.8, 4) is 0 Å². The Hall–Kier alpha value is -0.120. The van der Waals surface area contributed by atoms with E-state index in [4.69, 9.17) is 4.74 Å². The molecule has 2 N–H and O–H groups in total. The number of rotatable bonds is 6. The van der Waals surface area contributed by atoms with Crippen LogP contribution in [0, 0.1) is 16.7 Å². The molecule has 0 radical (unpaired) electrons. The maximum atomic E-state index is 10.0. The molecular weight excluding hydrogens is 250 g/mol. The summed E-state index contributed by atoms with van der Waals surface area (Å²) in [6.45, 7) is 8.77. The SMILES string of the molecule is CCOCC(O)CNC12CC3CC(C)(CC(C)(C3)C1)C2. The highest BCUT2D eigenvalue weighted by molar-refractivity contribution is 5.14. The van der Waals surface area contributed by atoms with Gasteiger partial charge in [0.1, 0.15) is 0 Å². The predicted molar refractivity (Wildman–Crippen MR) is 80.6 cm³/mol. The zero-order chi connectivity index (χ0) is 14.4. The van der Waals surface area contributed by atoms with Crippen LogP contribution in [-0.2, 0) is 4.74 Å². The van der Waals surface area contributed by atoms with E-state index in [0.29, 0.717) is 30.6 Å². The summed E-state index contributed by atoms with van der Waals surface area (Å²) >= 11 is 0. The third-order valence-corrected chi connectivity index (χ3v) is 5.85. The van der Waals surface area contributed by atoms with Gasteiger partial charge in [-0.1, -0.05) is 13.8 Å². The average Bonchev–Trinajstić information content (AvgIpc) is 2.29. The minimum Gasteiger partial charge on any atom is -0.389 e. The molecule has 3 nitrogen and oxygen atoms in total.